The van der Waals surface area contributed by atoms with E-state index in [-0.39, 0.29) is 9.37 Å². The lowest BCUT2D eigenvalue weighted by molar-refractivity contribution is 0.364. The molecule has 0 bridgehead atoms. The van der Waals surface area contributed by atoms with Crippen LogP contribution in [0.3, 0.4) is 0 Å². The molecule has 19 heavy (non-hydrogen) atoms. The zero-order valence-electron chi connectivity index (χ0n) is 10.6. The third kappa shape index (κ3) is 3.55. The zero-order valence-corrected chi connectivity index (χ0v) is 13.0. The molecule has 0 N–H and O–H groups in total. The fourth-order valence-electron chi connectivity index (χ4n) is 2.28. The summed E-state index contributed by atoms with van der Waals surface area (Å²) in [5.41, 5.74) is 0. The number of halogens is 2. The molecule has 2 rings (SSSR count). The summed E-state index contributed by atoms with van der Waals surface area (Å²) in [4.78, 5) is 0.148. The minimum Gasteiger partial charge on any atom is -0.207 e. The van der Waals surface area contributed by atoms with Crippen molar-refractivity contribution >= 4 is 26.0 Å². The number of sulfonamides is 1. The molecule has 0 saturated carbocycles. The molecule has 1 aliphatic heterocycles. The van der Waals surface area contributed by atoms with E-state index in [9.17, 15) is 12.8 Å². The largest absolute Gasteiger partial charge is 0.244 e. The minimum absolute atomic E-state index is 0.148. The van der Waals surface area contributed by atoms with Gasteiger partial charge in [0.2, 0.25) is 10.0 Å². The van der Waals surface area contributed by atoms with Crippen molar-refractivity contribution in [2.75, 3.05) is 13.1 Å². The Morgan fingerprint density at radius 3 is 2.21 bits per heavy atom. The van der Waals surface area contributed by atoms with Crippen LogP contribution < -0.4 is 0 Å². The molecule has 0 amide bonds. The Labute approximate surface area is 122 Å². The van der Waals surface area contributed by atoms with E-state index in [0.29, 0.717) is 13.1 Å². The van der Waals surface area contributed by atoms with Crippen molar-refractivity contribution in [1.29, 1.82) is 0 Å². The quantitative estimate of drug-likeness (QED) is 0.818. The summed E-state index contributed by atoms with van der Waals surface area (Å²) in [5, 5.41) is 0. The lowest BCUT2D eigenvalue weighted by atomic mass is 10.1. The highest BCUT2D eigenvalue weighted by Gasteiger charge is 2.26. The van der Waals surface area contributed by atoms with E-state index in [4.69, 9.17) is 0 Å². The van der Waals surface area contributed by atoms with Crippen molar-refractivity contribution < 1.29 is 12.8 Å². The lowest BCUT2D eigenvalue weighted by Gasteiger charge is -2.24. The molecule has 0 unspecified atom stereocenters. The first-order valence-corrected chi connectivity index (χ1v) is 8.70. The maximum absolute atomic E-state index is 13.1. The second kappa shape index (κ2) is 6.33. The SMILES string of the molecule is O=S(=O)(c1ccc(F)cc1Br)N1CCCCCCC1. The fourth-order valence-corrected chi connectivity index (χ4v) is 4.81. The number of benzene rings is 1. The van der Waals surface area contributed by atoms with Crippen LogP contribution in [0.5, 0.6) is 0 Å². The molecule has 3 nitrogen and oxygen atoms in total. The zero-order chi connectivity index (χ0) is 13.9. The Morgan fingerprint density at radius 1 is 1.05 bits per heavy atom. The van der Waals surface area contributed by atoms with Crippen LogP contribution >= 0.6 is 15.9 Å². The Bertz CT molecular complexity index is 540. The van der Waals surface area contributed by atoms with Crippen molar-refractivity contribution in [2.45, 2.75) is 37.0 Å². The van der Waals surface area contributed by atoms with Gasteiger partial charge >= 0.3 is 0 Å². The van der Waals surface area contributed by atoms with Crippen molar-refractivity contribution in [3.8, 4) is 0 Å². The van der Waals surface area contributed by atoms with Gasteiger partial charge in [-0.25, -0.2) is 12.8 Å². The first-order valence-electron chi connectivity index (χ1n) is 6.47. The normalized spacial score (nSPS) is 18.8. The van der Waals surface area contributed by atoms with E-state index >= 15 is 0 Å². The summed E-state index contributed by atoms with van der Waals surface area (Å²) in [6, 6.07) is 3.70. The Kier molecular flexibility index (Phi) is 4.97. The van der Waals surface area contributed by atoms with Gasteiger partial charge in [0.15, 0.2) is 0 Å². The van der Waals surface area contributed by atoms with E-state index < -0.39 is 15.8 Å². The molecule has 1 saturated heterocycles. The maximum atomic E-state index is 13.1. The second-order valence-electron chi connectivity index (χ2n) is 4.75. The first-order chi connectivity index (χ1) is 9.01. The van der Waals surface area contributed by atoms with Gasteiger partial charge in [-0.2, -0.15) is 4.31 Å². The van der Waals surface area contributed by atoms with Gasteiger partial charge in [-0.1, -0.05) is 19.3 Å². The van der Waals surface area contributed by atoms with Gasteiger partial charge in [0.25, 0.3) is 0 Å². The highest BCUT2D eigenvalue weighted by Crippen LogP contribution is 2.27. The van der Waals surface area contributed by atoms with Crippen LogP contribution in [0.15, 0.2) is 27.6 Å². The van der Waals surface area contributed by atoms with Crippen LogP contribution in [0.1, 0.15) is 32.1 Å². The van der Waals surface area contributed by atoms with Crippen LogP contribution in [0.25, 0.3) is 0 Å². The molecule has 1 aromatic carbocycles. The molecule has 106 valence electrons. The van der Waals surface area contributed by atoms with E-state index in [2.05, 4.69) is 15.9 Å². The summed E-state index contributed by atoms with van der Waals surface area (Å²) >= 11 is 3.14. The third-order valence-electron chi connectivity index (χ3n) is 3.33. The molecule has 0 aliphatic carbocycles. The summed E-state index contributed by atoms with van der Waals surface area (Å²) in [5.74, 6) is -0.446. The van der Waals surface area contributed by atoms with Gasteiger partial charge in [0.05, 0.1) is 4.90 Å². The lowest BCUT2D eigenvalue weighted by Crippen LogP contribution is -2.34. The average molecular weight is 350 g/mol. The number of hydrogen-bond acceptors (Lipinski definition) is 2. The molecule has 0 spiro atoms. The van der Waals surface area contributed by atoms with Crippen molar-refractivity contribution in [3.05, 3.63) is 28.5 Å². The predicted molar refractivity (Wildman–Crippen MR) is 75.9 cm³/mol. The summed E-state index contributed by atoms with van der Waals surface area (Å²) < 4.78 is 40.0. The molecule has 6 heteroatoms. The first kappa shape index (κ1) is 14.9. The monoisotopic (exact) mass is 349 g/mol. The molecule has 0 aromatic heterocycles. The summed E-state index contributed by atoms with van der Waals surface area (Å²) in [6.07, 6.45) is 5.08. The topological polar surface area (TPSA) is 37.4 Å². The smallest absolute Gasteiger partial charge is 0.207 e. The van der Waals surface area contributed by atoms with Crippen molar-refractivity contribution in [1.82, 2.24) is 4.31 Å². The summed E-state index contributed by atoms with van der Waals surface area (Å²) in [7, 11) is -3.53. The van der Waals surface area contributed by atoms with Crippen LogP contribution in [-0.4, -0.2) is 25.8 Å². The number of rotatable bonds is 2. The fraction of sp³-hybridized carbons (Fsp3) is 0.538. The van der Waals surface area contributed by atoms with Gasteiger partial charge in [0, 0.05) is 17.6 Å². The molecule has 1 heterocycles. The highest BCUT2D eigenvalue weighted by molar-refractivity contribution is 9.10. The van der Waals surface area contributed by atoms with Gasteiger partial charge in [-0.05, 0) is 47.0 Å². The minimum atomic E-state index is -3.53. The molecule has 0 radical (unpaired) electrons. The molecular weight excluding hydrogens is 333 g/mol. The van der Waals surface area contributed by atoms with Gasteiger partial charge in [-0.3, -0.25) is 0 Å². The Balaban J connectivity index is 2.29. The molecule has 1 fully saturated rings. The number of hydrogen-bond donors (Lipinski definition) is 0. The molecule has 1 aromatic rings. The third-order valence-corrected chi connectivity index (χ3v) is 6.20. The van der Waals surface area contributed by atoms with E-state index in [1.165, 1.54) is 28.9 Å². The number of nitrogens with zero attached hydrogens (tertiary/aromatic N) is 1. The molecule has 1 aliphatic rings. The standard InChI is InChI=1S/C13H17BrFNO2S/c14-12-10-11(15)6-7-13(12)19(17,18)16-8-4-2-1-3-5-9-16/h6-7,10H,1-5,8-9H2. The van der Waals surface area contributed by atoms with Crippen LogP contribution in [-0.2, 0) is 10.0 Å². The molecular formula is C13H17BrFNO2S. The average Bonchev–Trinajstić information content (AvgIpc) is 2.26. The van der Waals surface area contributed by atoms with Crippen molar-refractivity contribution in [3.63, 3.8) is 0 Å². The summed E-state index contributed by atoms with van der Waals surface area (Å²) in [6.45, 7) is 1.10. The Morgan fingerprint density at radius 2 is 1.63 bits per heavy atom. The second-order valence-corrected chi connectivity index (χ2v) is 7.51. The van der Waals surface area contributed by atoms with E-state index in [0.717, 1.165) is 25.7 Å². The van der Waals surface area contributed by atoms with Crippen LogP contribution in [0.4, 0.5) is 4.39 Å². The predicted octanol–water partition coefficient (Wildman–Crippen LogP) is 3.54. The van der Waals surface area contributed by atoms with E-state index in [1.807, 2.05) is 0 Å². The van der Waals surface area contributed by atoms with E-state index in [1.54, 1.807) is 0 Å². The maximum Gasteiger partial charge on any atom is 0.244 e. The van der Waals surface area contributed by atoms with Crippen molar-refractivity contribution in [2.24, 2.45) is 0 Å². The highest BCUT2D eigenvalue weighted by atomic mass is 79.9. The van der Waals surface area contributed by atoms with Gasteiger partial charge in [0.1, 0.15) is 5.82 Å². The molecule has 0 atom stereocenters. The van der Waals surface area contributed by atoms with Gasteiger partial charge in [-0.15, -0.1) is 0 Å². The van der Waals surface area contributed by atoms with Crippen LogP contribution in [0, 0.1) is 5.82 Å². The van der Waals surface area contributed by atoms with Gasteiger partial charge < -0.3 is 0 Å². The van der Waals surface area contributed by atoms with Crippen LogP contribution in [0.2, 0.25) is 0 Å². The Hall–Kier alpha value is -0.460.